The minimum atomic E-state index is 0.689. The van der Waals surface area contributed by atoms with E-state index in [4.69, 9.17) is 15.0 Å². The lowest BCUT2D eigenvalue weighted by Gasteiger charge is -2.15. The monoisotopic (exact) mass is 700 g/mol. The molecule has 55 heavy (non-hydrogen) atoms. The van der Waals surface area contributed by atoms with Crippen LogP contribution in [0.25, 0.3) is 105 Å². The summed E-state index contributed by atoms with van der Waals surface area (Å²) in [7, 11) is 0. The van der Waals surface area contributed by atoms with E-state index in [1.165, 1.54) is 27.3 Å². The van der Waals surface area contributed by atoms with Gasteiger partial charge in [0, 0.05) is 54.7 Å². The highest BCUT2D eigenvalue weighted by Gasteiger charge is 2.20. The molecule has 11 aromatic rings. The first-order valence-corrected chi connectivity index (χ1v) is 18.6. The third-order valence-corrected chi connectivity index (χ3v) is 10.8. The second-order valence-corrected chi connectivity index (χ2v) is 14.0. The summed E-state index contributed by atoms with van der Waals surface area (Å²) in [6.07, 6.45) is 0. The van der Waals surface area contributed by atoms with Crippen molar-refractivity contribution in [2.45, 2.75) is 0 Å². The van der Waals surface area contributed by atoms with Crippen LogP contribution in [-0.4, -0.2) is 19.5 Å². The lowest BCUT2D eigenvalue weighted by Crippen LogP contribution is -1.99. The zero-order valence-corrected chi connectivity index (χ0v) is 29.8. The largest absolute Gasteiger partial charge is 0.309 e. The molecule has 0 N–H and O–H groups in total. The molecule has 256 valence electrons. The first-order chi connectivity index (χ1) is 27.3. The van der Waals surface area contributed by atoms with Crippen molar-refractivity contribution in [2.75, 3.05) is 0 Å². The lowest BCUT2D eigenvalue weighted by atomic mass is 9.97. The van der Waals surface area contributed by atoms with Gasteiger partial charge in [0.05, 0.1) is 33.5 Å². The Bertz CT molecular complexity index is 3240. The molecule has 0 fully saturated rings. The fourth-order valence-corrected chi connectivity index (χ4v) is 8.24. The maximum atomic E-state index is 5.30. The van der Waals surface area contributed by atoms with Crippen molar-refractivity contribution in [1.29, 1.82) is 0 Å². The third-order valence-electron chi connectivity index (χ3n) is 10.8. The first kappa shape index (κ1) is 31.1. The van der Waals surface area contributed by atoms with E-state index in [9.17, 15) is 0 Å². The zero-order chi connectivity index (χ0) is 36.3. The van der Waals surface area contributed by atoms with Gasteiger partial charge in [-0.3, -0.25) is 0 Å². The molecule has 0 amide bonds. The highest BCUT2D eigenvalue weighted by Crippen LogP contribution is 2.42. The summed E-state index contributed by atoms with van der Waals surface area (Å²) in [6.45, 7) is 0. The Kier molecular flexibility index (Phi) is 7.14. The molecule has 4 heteroatoms. The number of benzene rings is 8. The van der Waals surface area contributed by atoms with Crippen LogP contribution in [0, 0.1) is 0 Å². The second kappa shape index (κ2) is 12.6. The van der Waals surface area contributed by atoms with Gasteiger partial charge in [0.25, 0.3) is 0 Å². The number of rotatable bonds is 5. The molecule has 3 heterocycles. The van der Waals surface area contributed by atoms with Crippen molar-refractivity contribution >= 4 is 54.4 Å². The number of para-hydroxylation sites is 3. The van der Waals surface area contributed by atoms with Crippen molar-refractivity contribution in [3.05, 3.63) is 194 Å². The predicted molar refractivity (Wildman–Crippen MR) is 228 cm³/mol. The van der Waals surface area contributed by atoms with Gasteiger partial charge in [0.2, 0.25) is 0 Å². The summed E-state index contributed by atoms with van der Waals surface area (Å²) >= 11 is 0. The van der Waals surface area contributed by atoms with E-state index in [0.717, 1.165) is 72.0 Å². The molecule has 0 spiro atoms. The highest BCUT2D eigenvalue weighted by atomic mass is 15.0. The molecule has 4 nitrogen and oxygen atoms in total. The van der Waals surface area contributed by atoms with Gasteiger partial charge in [-0.2, -0.15) is 0 Å². The molecule has 0 aliphatic carbocycles. The van der Waals surface area contributed by atoms with Gasteiger partial charge in [0.1, 0.15) is 0 Å². The van der Waals surface area contributed by atoms with Gasteiger partial charge >= 0.3 is 0 Å². The smallest absolute Gasteiger partial charge is 0.160 e. The quantitative estimate of drug-likeness (QED) is 0.168. The Hall–Kier alpha value is -7.43. The van der Waals surface area contributed by atoms with Crippen LogP contribution in [0.3, 0.4) is 0 Å². The van der Waals surface area contributed by atoms with Crippen molar-refractivity contribution < 1.29 is 0 Å². The van der Waals surface area contributed by atoms with Gasteiger partial charge in [-0.1, -0.05) is 164 Å². The molecular weight excluding hydrogens is 669 g/mol. The normalized spacial score (nSPS) is 11.6. The standard InChI is InChI=1S/C51H32N4/c1-3-14-33(15-4-1)34-26-28-36(29-27-34)48-42-22-8-11-24-45(42)53-51(54-48)37-18-13-19-38(32-37)55-46-25-12-9-20-39(46)40-30-31-43-47(50(40)55)41-21-7-10-23-44(41)52-49(43)35-16-5-2-6-17-35/h1-32H. The van der Waals surface area contributed by atoms with E-state index < -0.39 is 0 Å². The number of hydrogen-bond acceptors (Lipinski definition) is 3. The Balaban J connectivity index is 1.14. The van der Waals surface area contributed by atoms with Crippen molar-refractivity contribution in [1.82, 2.24) is 19.5 Å². The zero-order valence-electron chi connectivity index (χ0n) is 29.8. The summed E-state index contributed by atoms with van der Waals surface area (Å²) in [6, 6.07) is 68.4. The van der Waals surface area contributed by atoms with Gasteiger partial charge in [0.15, 0.2) is 5.82 Å². The minimum Gasteiger partial charge on any atom is -0.309 e. The number of fused-ring (bicyclic) bond motifs is 8. The summed E-state index contributed by atoms with van der Waals surface area (Å²) in [4.78, 5) is 15.7. The van der Waals surface area contributed by atoms with E-state index in [1.54, 1.807) is 0 Å². The van der Waals surface area contributed by atoms with E-state index in [0.29, 0.717) is 5.82 Å². The number of hydrogen-bond donors (Lipinski definition) is 0. The van der Waals surface area contributed by atoms with E-state index in [-0.39, 0.29) is 0 Å². The van der Waals surface area contributed by atoms with Crippen LogP contribution in [0.4, 0.5) is 0 Å². The summed E-state index contributed by atoms with van der Waals surface area (Å²) in [5, 5.41) is 6.87. The lowest BCUT2D eigenvalue weighted by molar-refractivity contribution is 1.17. The fourth-order valence-electron chi connectivity index (χ4n) is 8.24. The van der Waals surface area contributed by atoms with Crippen LogP contribution in [0.1, 0.15) is 0 Å². The average Bonchev–Trinajstić information content (AvgIpc) is 3.61. The van der Waals surface area contributed by atoms with Crippen LogP contribution in [0.2, 0.25) is 0 Å². The Labute approximate surface area is 317 Å². The molecular formula is C51H32N4. The van der Waals surface area contributed by atoms with E-state index >= 15 is 0 Å². The average molecular weight is 701 g/mol. The third kappa shape index (κ3) is 5.11. The predicted octanol–water partition coefficient (Wildman–Crippen LogP) is 13.1. The molecule has 0 bridgehead atoms. The SMILES string of the molecule is c1ccc(-c2ccc(-c3nc(-c4cccc(-n5c6ccccc6c6ccc7c(-c8ccccc8)nc8ccccc8c7c65)c4)nc4ccccc34)cc2)cc1. The number of nitrogens with zero attached hydrogens (tertiary/aromatic N) is 4. The Morgan fingerprint density at radius 2 is 0.873 bits per heavy atom. The number of pyridine rings is 1. The van der Waals surface area contributed by atoms with Crippen LogP contribution in [-0.2, 0) is 0 Å². The highest BCUT2D eigenvalue weighted by molar-refractivity contribution is 6.26. The van der Waals surface area contributed by atoms with Crippen molar-refractivity contribution in [3.63, 3.8) is 0 Å². The molecule has 0 radical (unpaired) electrons. The molecule has 11 rings (SSSR count). The maximum absolute atomic E-state index is 5.30. The molecule has 8 aromatic carbocycles. The van der Waals surface area contributed by atoms with E-state index in [2.05, 4.69) is 187 Å². The van der Waals surface area contributed by atoms with Gasteiger partial charge in [-0.25, -0.2) is 15.0 Å². The van der Waals surface area contributed by atoms with Crippen LogP contribution in [0.5, 0.6) is 0 Å². The number of aromatic nitrogens is 4. The Morgan fingerprint density at radius 1 is 0.327 bits per heavy atom. The molecule has 0 aliphatic heterocycles. The first-order valence-electron chi connectivity index (χ1n) is 18.6. The van der Waals surface area contributed by atoms with Crippen molar-refractivity contribution in [3.8, 4) is 50.7 Å². The van der Waals surface area contributed by atoms with Gasteiger partial charge < -0.3 is 4.57 Å². The molecule has 0 unspecified atom stereocenters. The maximum Gasteiger partial charge on any atom is 0.160 e. The molecule has 0 saturated carbocycles. The molecule has 3 aromatic heterocycles. The molecule has 0 atom stereocenters. The topological polar surface area (TPSA) is 43.6 Å². The van der Waals surface area contributed by atoms with Gasteiger partial charge in [-0.15, -0.1) is 0 Å². The summed E-state index contributed by atoms with van der Waals surface area (Å²) < 4.78 is 2.42. The Morgan fingerprint density at radius 3 is 1.65 bits per heavy atom. The van der Waals surface area contributed by atoms with Crippen LogP contribution < -0.4 is 0 Å². The van der Waals surface area contributed by atoms with Crippen molar-refractivity contribution in [2.24, 2.45) is 0 Å². The fraction of sp³-hybridized carbons (Fsp3) is 0. The van der Waals surface area contributed by atoms with Crippen LogP contribution >= 0.6 is 0 Å². The minimum absolute atomic E-state index is 0.689. The molecule has 0 aliphatic rings. The summed E-state index contributed by atoms with van der Waals surface area (Å²) in [5.74, 6) is 0.689. The second-order valence-electron chi connectivity index (χ2n) is 14.0. The van der Waals surface area contributed by atoms with Gasteiger partial charge in [-0.05, 0) is 41.5 Å². The van der Waals surface area contributed by atoms with Crippen LogP contribution in [0.15, 0.2) is 194 Å². The van der Waals surface area contributed by atoms with E-state index in [1.807, 2.05) is 12.1 Å². The molecule has 0 saturated heterocycles. The summed E-state index contributed by atoms with van der Waals surface area (Å²) in [5.41, 5.74) is 12.6.